The fourth-order valence-electron chi connectivity index (χ4n) is 0.890. The summed E-state index contributed by atoms with van der Waals surface area (Å²) < 4.78 is 5.00. The van der Waals surface area contributed by atoms with Crippen molar-refractivity contribution in [1.29, 1.82) is 0 Å². The second-order valence-electron chi connectivity index (χ2n) is 2.51. The molecular weight excluding hydrogens is 271 g/mol. The molecule has 0 fully saturated rings. The van der Waals surface area contributed by atoms with Gasteiger partial charge in [0.1, 0.15) is 9.98 Å². The van der Waals surface area contributed by atoms with Gasteiger partial charge in [0.15, 0.2) is 6.29 Å². The highest BCUT2D eigenvalue weighted by atomic mass is 79.9. The molecule has 14 heavy (non-hydrogen) atoms. The van der Waals surface area contributed by atoms with E-state index >= 15 is 0 Å². The second kappa shape index (κ2) is 5.60. The summed E-state index contributed by atoms with van der Waals surface area (Å²) in [5.41, 5.74) is 0.540. The molecule has 2 unspecified atom stereocenters. The van der Waals surface area contributed by atoms with E-state index in [4.69, 9.17) is 16.3 Å². The van der Waals surface area contributed by atoms with Gasteiger partial charge >= 0.3 is 0 Å². The van der Waals surface area contributed by atoms with Crippen LogP contribution in [0.3, 0.4) is 0 Å². The number of rotatable bonds is 4. The van der Waals surface area contributed by atoms with E-state index in [0.29, 0.717) is 12.3 Å². The van der Waals surface area contributed by atoms with Gasteiger partial charge in [0.05, 0.1) is 11.9 Å². The summed E-state index contributed by atoms with van der Waals surface area (Å²) in [5, 5.41) is 9.77. The summed E-state index contributed by atoms with van der Waals surface area (Å²) in [6, 6.07) is 0. The minimum atomic E-state index is -0.951. The highest BCUT2D eigenvalue weighted by Gasteiger charge is 2.19. The number of ether oxygens (including phenoxy) is 1. The van der Waals surface area contributed by atoms with Crippen molar-refractivity contribution >= 4 is 27.5 Å². The lowest BCUT2D eigenvalue weighted by Gasteiger charge is -2.15. The van der Waals surface area contributed by atoms with E-state index in [1.54, 1.807) is 6.92 Å². The minimum Gasteiger partial charge on any atom is -0.367 e. The maximum absolute atomic E-state index is 9.48. The Labute approximate surface area is 95.4 Å². The highest BCUT2D eigenvalue weighted by molar-refractivity contribution is 9.09. The largest absolute Gasteiger partial charge is 0.367 e. The van der Waals surface area contributed by atoms with Gasteiger partial charge in [0.2, 0.25) is 0 Å². The average Bonchev–Trinajstić information content (AvgIpc) is 2.17. The first-order valence-corrected chi connectivity index (χ1v) is 5.35. The second-order valence-corrected chi connectivity index (χ2v) is 3.89. The lowest BCUT2D eigenvalue weighted by molar-refractivity contribution is -0.0940. The fourth-order valence-corrected chi connectivity index (χ4v) is 1.42. The molecular formula is C8H10BrClN2O2. The van der Waals surface area contributed by atoms with Crippen LogP contribution < -0.4 is 0 Å². The van der Waals surface area contributed by atoms with E-state index in [1.165, 1.54) is 12.4 Å². The van der Waals surface area contributed by atoms with Gasteiger partial charge in [0, 0.05) is 12.8 Å². The van der Waals surface area contributed by atoms with Crippen molar-refractivity contribution in [2.45, 2.75) is 18.0 Å². The summed E-state index contributed by atoms with van der Waals surface area (Å²) in [6.45, 7) is 2.23. The molecule has 4 nitrogen and oxygen atoms in total. The maximum atomic E-state index is 9.48. The third kappa shape index (κ3) is 3.16. The molecule has 0 spiro atoms. The number of halogens is 2. The van der Waals surface area contributed by atoms with E-state index in [9.17, 15) is 5.11 Å². The summed E-state index contributed by atoms with van der Waals surface area (Å²) in [5.74, 6) is 0. The zero-order valence-electron chi connectivity index (χ0n) is 7.52. The molecule has 0 radical (unpaired) electrons. The van der Waals surface area contributed by atoms with Crippen LogP contribution >= 0.6 is 27.5 Å². The molecule has 0 aliphatic heterocycles. The Hall–Kier alpha value is -0.230. The molecule has 6 heteroatoms. The topological polar surface area (TPSA) is 55.2 Å². The minimum absolute atomic E-state index is 0.288. The Balaban J connectivity index is 2.73. The SMILES string of the molecule is CCOC(O)C(Br)c1cncc(Cl)n1. The van der Waals surface area contributed by atoms with Crippen molar-refractivity contribution < 1.29 is 9.84 Å². The smallest absolute Gasteiger partial charge is 0.172 e. The maximum Gasteiger partial charge on any atom is 0.172 e. The number of alkyl halides is 1. The van der Waals surface area contributed by atoms with Crippen LogP contribution in [-0.4, -0.2) is 28.0 Å². The summed E-state index contributed by atoms with van der Waals surface area (Å²) in [6.07, 6.45) is 2.00. The van der Waals surface area contributed by atoms with Crippen LogP contribution in [0.25, 0.3) is 0 Å². The van der Waals surface area contributed by atoms with Crippen LogP contribution in [0.15, 0.2) is 12.4 Å². The van der Waals surface area contributed by atoms with Crippen molar-refractivity contribution in [3.63, 3.8) is 0 Å². The monoisotopic (exact) mass is 280 g/mol. The van der Waals surface area contributed by atoms with Gasteiger partial charge in [-0.1, -0.05) is 27.5 Å². The first-order valence-electron chi connectivity index (χ1n) is 4.06. The molecule has 0 aliphatic carbocycles. The average molecular weight is 282 g/mol. The van der Waals surface area contributed by atoms with Crippen LogP contribution in [0, 0.1) is 0 Å². The Kier molecular flexibility index (Phi) is 4.74. The van der Waals surface area contributed by atoms with Crippen molar-refractivity contribution in [3.05, 3.63) is 23.2 Å². The van der Waals surface area contributed by atoms with Crippen LogP contribution in [0.2, 0.25) is 5.15 Å². The Morgan fingerprint density at radius 2 is 2.36 bits per heavy atom. The lowest BCUT2D eigenvalue weighted by atomic mass is 10.3. The zero-order valence-corrected chi connectivity index (χ0v) is 9.86. The molecule has 0 aromatic carbocycles. The number of nitrogens with zero attached hydrogens (tertiary/aromatic N) is 2. The molecule has 0 bridgehead atoms. The van der Waals surface area contributed by atoms with E-state index in [2.05, 4.69) is 25.9 Å². The predicted octanol–water partition coefficient (Wildman–Crippen LogP) is 1.92. The third-order valence-corrected chi connectivity index (χ3v) is 2.60. The first kappa shape index (κ1) is 11.8. The van der Waals surface area contributed by atoms with Crippen molar-refractivity contribution in [2.75, 3.05) is 6.61 Å². The molecule has 78 valence electrons. The van der Waals surface area contributed by atoms with Crippen LogP contribution in [0.4, 0.5) is 0 Å². The number of hydrogen-bond donors (Lipinski definition) is 1. The van der Waals surface area contributed by atoms with Gasteiger partial charge in [0.25, 0.3) is 0 Å². The summed E-state index contributed by atoms with van der Waals surface area (Å²) >= 11 is 8.90. The van der Waals surface area contributed by atoms with E-state index in [0.717, 1.165) is 0 Å². The Morgan fingerprint density at radius 1 is 1.64 bits per heavy atom. The number of aliphatic hydroxyl groups excluding tert-OH is 1. The first-order chi connectivity index (χ1) is 6.65. The number of aromatic nitrogens is 2. The van der Waals surface area contributed by atoms with Gasteiger partial charge < -0.3 is 9.84 Å². The highest BCUT2D eigenvalue weighted by Crippen LogP contribution is 2.25. The third-order valence-electron chi connectivity index (χ3n) is 1.49. The van der Waals surface area contributed by atoms with Crippen molar-refractivity contribution in [2.24, 2.45) is 0 Å². The molecule has 1 aromatic heterocycles. The molecule has 2 atom stereocenters. The van der Waals surface area contributed by atoms with Gasteiger partial charge in [-0.15, -0.1) is 0 Å². The summed E-state index contributed by atoms with van der Waals surface area (Å²) in [7, 11) is 0. The predicted molar refractivity (Wildman–Crippen MR) is 56.3 cm³/mol. The van der Waals surface area contributed by atoms with E-state index in [-0.39, 0.29) is 5.15 Å². The Bertz CT molecular complexity index is 300. The quantitative estimate of drug-likeness (QED) is 0.677. The number of aliphatic hydroxyl groups is 1. The number of hydrogen-bond acceptors (Lipinski definition) is 4. The fraction of sp³-hybridized carbons (Fsp3) is 0.500. The van der Waals surface area contributed by atoms with Gasteiger partial charge in [-0.25, -0.2) is 4.98 Å². The van der Waals surface area contributed by atoms with Crippen LogP contribution in [0.5, 0.6) is 0 Å². The molecule has 1 aromatic rings. The van der Waals surface area contributed by atoms with Gasteiger partial charge in [-0.05, 0) is 6.92 Å². The standard InChI is InChI=1S/C8H10BrClN2O2/c1-2-14-8(13)7(9)5-3-11-4-6(10)12-5/h3-4,7-8,13H,2H2,1H3. The van der Waals surface area contributed by atoms with Crippen LogP contribution in [0.1, 0.15) is 17.4 Å². The molecule has 0 saturated carbocycles. The Morgan fingerprint density at radius 3 is 2.93 bits per heavy atom. The summed E-state index contributed by atoms with van der Waals surface area (Å²) in [4.78, 5) is 7.43. The molecule has 0 amide bonds. The molecule has 1 heterocycles. The lowest BCUT2D eigenvalue weighted by Crippen LogP contribution is -2.18. The van der Waals surface area contributed by atoms with Gasteiger partial charge in [-0.2, -0.15) is 0 Å². The molecule has 0 saturated heterocycles. The zero-order chi connectivity index (χ0) is 10.6. The molecule has 1 N–H and O–H groups in total. The normalized spacial score (nSPS) is 15.1. The molecule has 1 rings (SSSR count). The van der Waals surface area contributed by atoms with Crippen LogP contribution in [-0.2, 0) is 4.74 Å². The van der Waals surface area contributed by atoms with Crippen molar-refractivity contribution in [3.8, 4) is 0 Å². The van der Waals surface area contributed by atoms with Gasteiger partial charge in [-0.3, -0.25) is 4.98 Å². The van der Waals surface area contributed by atoms with Crippen molar-refractivity contribution in [1.82, 2.24) is 9.97 Å². The molecule has 0 aliphatic rings. The van der Waals surface area contributed by atoms with E-state index in [1.807, 2.05) is 0 Å². The van der Waals surface area contributed by atoms with E-state index < -0.39 is 11.1 Å².